The lowest BCUT2D eigenvalue weighted by atomic mass is 9.90. The highest BCUT2D eigenvalue weighted by molar-refractivity contribution is 5.86. The Morgan fingerprint density at radius 1 is 1.19 bits per heavy atom. The summed E-state index contributed by atoms with van der Waals surface area (Å²) in [4.78, 5) is 19.4. The van der Waals surface area contributed by atoms with Crippen molar-refractivity contribution in [3.8, 4) is 5.75 Å². The van der Waals surface area contributed by atoms with Crippen LogP contribution in [0.1, 0.15) is 25.7 Å². The molecule has 0 spiro atoms. The van der Waals surface area contributed by atoms with E-state index in [0.29, 0.717) is 18.9 Å². The van der Waals surface area contributed by atoms with Crippen molar-refractivity contribution in [1.82, 2.24) is 9.80 Å². The second kappa shape index (κ2) is 7.68. The molecule has 3 aliphatic rings. The maximum absolute atomic E-state index is 12.9. The molecule has 1 saturated carbocycles. The first-order valence-corrected chi connectivity index (χ1v) is 10.2. The molecule has 1 amide bonds. The molecule has 0 bridgehead atoms. The van der Waals surface area contributed by atoms with Gasteiger partial charge in [-0.05, 0) is 43.7 Å². The highest BCUT2D eigenvalue weighted by Crippen LogP contribution is 2.33. The van der Waals surface area contributed by atoms with Gasteiger partial charge in [-0.2, -0.15) is 0 Å². The number of rotatable bonds is 6. The second-order valence-corrected chi connectivity index (χ2v) is 8.29. The van der Waals surface area contributed by atoms with Crippen molar-refractivity contribution in [3.63, 3.8) is 0 Å². The number of carbonyl (C=O) groups is 1. The third kappa shape index (κ3) is 4.22. The van der Waals surface area contributed by atoms with Crippen molar-refractivity contribution in [2.45, 2.75) is 31.3 Å². The van der Waals surface area contributed by atoms with Crippen LogP contribution >= 0.6 is 0 Å². The topological polar surface area (TPSA) is 56.2 Å². The number of anilines is 1. The van der Waals surface area contributed by atoms with Crippen molar-refractivity contribution in [3.05, 3.63) is 24.3 Å². The third-order valence-electron chi connectivity index (χ3n) is 6.16. The number of benzene rings is 1. The first kappa shape index (κ1) is 18.6. The van der Waals surface area contributed by atoms with Gasteiger partial charge in [0.25, 0.3) is 5.91 Å². The smallest absolute Gasteiger partial charge is 0.255 e. The number of hydrogen-bond donors (Lipinski definition) is 1. The average molecular weight is 373 g/mol. The molecule has 0 radical (unpaired) electrons. The molecule has 6 heteroatoms. The van der Waals surface area contributed by atoms with Crippen LogP contribution in [0.4, 0.5) is 5.69 Å². The van der Waals surface area contributed by atoms with E-state index in [0.717, 1.165) is 57.1 Å². The minimum absolute atomic E-state index is 0.0455. The zero-order valence-corrected chi connectivity index (χ0v) is 16.3. The number of methoxy groups -OCH3 is 1. The van der Waals surface area contributed by atoms with Crippen LogP contribution < -0.4 is 9.64 Å². The van der Waals surface area contributed by atoms with E-state index in [9.17, 15) is 9.90 Å². The summed E-state index contributed by atoms with van der Waals surface area (Å²) in [6.45, 7) is 5.60. The van der Waals surface area contributed by atoms with Gasteiger partial charge in [-0.3, -0.25) is 9.69 Å². The molecule has 1 aromatic carbocycles. The van der Waals surface area contributed by atoms with Gasteiger partial charge < -0.3 is 19.6 Å². The van der Waals surface area contributed by atoms with E-state index < -0.39 is 5.60 Å². The van der Waals surface area contributed by atoms with Gasteiger partial charge in [0.15, 0.2) is 5.60 Å². The third-order valence-corrected chi connectivity index (χ3v) is 6.16. The number of nitrogens with zero attached hydrogens (tertiary/aromatic N) is 3. The predicted octanol–water partition coefficient (Wildman–Crippen LogP) is 1.58. The zero-order chi connectivity index (χ0) is 18.9. The number of piperazine rings is 1. The van der Waals surface area contributed by atoms with Crippen molar-refractivity contribution in [2.75, 3.05) is 57.8 Å². The number of carbonyl (C=O) groups excluding carboxylic acids is 1. The number of likely N-dealkylation sites (tertiary alicyclic amines) is 1. The molecule has 148 valence electrons. The number of hydrogen-bond acceptors (Lipinski definition) is 5. The molecule has 2 heterocycles. The Bertz CT molecular complexity index is 670. The SMILES string of the molecule is COc1cccc(N2CCN(C[C@@]3(O)CCCN(CC4CC4)C3=O)CC2)c1. The van der Waals surface area contributed by atoms with E-state index in [2.05, 4.69) is 21.9 Å². The zero-order valence-electron chi connectivity index (χ0n) is 16.3. The maximum atomic E-state index is 12.9. The van der Waals surface area contributed by atoms with E-state index in [1.54, 1.807) is 7.11 Å². The van der Waals surface area contributed by atoms with Crippen molar-refractivity contribution in [2.24, 2.45) is 5.92 Å². The van der Waals surface area contributed by atoms with Crippen LogP contribution in [-0.4, -0.2) is 79.3 Å². The van der Waals surface area contributed by atoms with Crippen molar-refractivity contribution >= 4 is 11.6 Å². The molecule has 6 nitrogen and oxygen atoms in total. The number of β-amino-alcohol motifs (C(OH)–C–C–N with tert-alkyl or cyclic N) is 1. The summed E-state index contributed by atoms with van der Waals surface area (Å²) in [6, 6.07) is 8.13. The predicted molar refractivity (Wildman–Crippen MR) is 105 cm³/mol. The van der Waals surface area contributed by atoms with Gasteiger partial charge in [0.2, 0.25) is 0 Å². The maximum Gasteiger partial charge on any atom is 0.255 e. The van der Waals surface area contributed by atoms with Crippen LogP contribution in [0.25, 0.3) is 0 Å². The van der Waals surface area contributed by atoms with Gasteiger partial charge >= 0.3 is 0 Å². The molecule has 0 unspecified atom stereocenters. The molecule has 1 aromatic rings. The lowest BCUT2D eigenvalue weighted by Crippen LogP contribution is -2.60. The highest BCUT2D eigenvalue weighted by atomic mass is 16.5. The summed E-state index contributed by atoms with van der Waals surface area (Å²) in [7, 11) is 1.69. The fraction of sp³-hybridized carbons (Fsp3) is 0.667. The summed E-state index contributed by atoms with van der Waals surface area (Å²) in [5.41, 5.74) is -0.0392. The molecule has 3 fully saturated rings. The molecule has 0 aromatic heterocycles. The van der Waals surface area contributed by atoms with E-state index in [4.69, 9.17) is 4.74 Å². The molecule has 1 aliphatic carbocycles. The second-order valence-electron chi connectivity index (χ2n) is 8.29. The number of aliphatic hydroxyl groups is 1. The average Bonchev–Trinajstić information content (AvgIpc) is 3.50. The Hall–Kier alpha value is -1.79. The van der Waals surface area contributed by atoms with Gasteiger partial charge in [0.1, 0.15) is 5.75 Å². The summed E-state index contributed by atoms with van der Waals surface area (Å²) in [5.74, 6) is 1.49. The summed E-state index contributed by atoms with van der Waals surface area (Å²) < 4.78 is 5.32. The van der Waals surface area contributed by atoms with Gasteiger partial charge in [-0.1, -0.05) is 6.07 Å². The van der Waals surface area contributed by atoms with Gasteiger partial charge in [0, 0.05) is 57.6 Å². The molecule has 1 N–H and O–H groups in total. The monoisotopic (exact) mass is 373 g/mol. The molecular weight excluding hydrogens is 342 g/mol. The first-order valence-electron chi connectivity index (χ1n) is 10.2. The fourth-order valence-electron chi connectivity index (χ4n) is 4.34. The van der Waals surface area contributed by atoms with Crippen molar-refractivity contribution in [1.29, 1.82) is 0 Å². The Morgan fingerprint density at radius 2 is 1.96 bits per heavy atom. The summed E-state index contributed by atoms with van der Waals surface area (Å²) in [6.07, 6.45) is 3.95. The Balaban J connectivity index is 1.33. The number of ether oxygens (including phenoxy) is 1. The fourth-order valence-corrected chi connectivity index (χ4v) is 4.34. The van der Waals surface area contributed by atoms with E-state index in [1.807, 2.05) is 17.0 Å². The molecule has 27 heavy (non-hydrogen) atoms. The number of amides is 1. The van der Waals surface area contributed by atoms with Crippen LogP contribution in [-0.2, 0) is 4.79 Å². The molecule has 4 rings (SSSR count). The minimum Gasteiger partial charge on any atom is -0.497 e. The van der Waals surface area contributed by atoms with Crippen LogP contribution in [0.2, 0.25) is 0 Å². The summed E-state index contributed by atoms with van der Waals surface area (Å²) >= 11 is 0. The Labute approximate surface area is 161 Å². The van der Waals surface area contributed by atoms with Gasteiger partial charge in [-0.25, -0.2) is 0 Å². The first-order chi connectivity index (χ1) is 13.1. The minimum atomic E-state index is -1.20. The molecule has 2 aliphatic heterocycles. The highest BCUT2D eigenvalue weighted by Gasteiger charge is 2.44. The Kier molecular flexibility index (Phi) is 5.28. The Morgan fingerprint density at radius 3 is 2.67 bits per heavy atom. The van der Waals surface area contributed by atoms with Crippen LogP contribution in [0.5, 0.6) is 5.75 Å². The molecule has 1 atom stereocenters. The normalized spacial score (nSPS) is 27.1. The number of piperidine rings is 1. The lowest BCUT2D eigenvalue weighted by Gasteiger charge is -2.43. The molecule has 2 saturated heterocycles. The lowest BCUT2D eigenvalue weighted by molar-refractivity contribution is -0.159. The standard InChI is InChI=1S/C21H31N3O3/c1-27-19-5-2-4-18(14-19)23-12-10-22(11-13-23)16-21(26)8-3-9-24(20(21)25)15-17-6-7-17/h2,4-5,14,17,26H,3,6-13,15-16H2,1H3/t21-/m0/s1. The van der Waals surface area contributed by atoms with E-state index in [1.165, 1.54) is 12.8 Å². The van der Waals surface area contributed by atoms with Gasteiger partial charge in [0.05, 0.1) is 7.11 Å². The van der Waals surface area contributed by atoms with E-state index in [-0.39, 0.29) is 5.91 Å². The quantitative estimate of drug-likeness (QED) is 0.821. The summed E-state index contributed by atoms with van der Waals surface area (Å²) in [5, 5.41) is 11.1. The van der Waals surface area contributed by atoms with Crippen LogP contribution in [0.3, 0.4) is 0 Å². The molecular formula is C21H31N3O3. The van der Waals surface area contributed by atoms with Crippen LogP contribution in [0.15, 0.2) is 24.3 Å². The largest absolute Gasteiger partial charge is 0.497 e. The van der Waals surface area contributed by atoms with Crippen molar-refractivity contribution < 1.29 is 14.6 Å². The van der Waals surface area contributed by atoms with Crippen LogP contribution in [0, 0.1) is 5.92 Å². The van der Waals surface area contributed by atoms with Gasteiger partial charge in [-0.15, -0.1) is 0 Å². The van der Waals surface area contributed by atoms with E-state index >= 15 is 0 Å².